The van der Waals surface area contributed by atoms with E-state index in [4.69, 9.17) is 5.26 Å². The van der Waals surface area contributed by atoms with Crippen molar-refractivity contribution in [3.8, 4) is 6.07 Å². The van der Waals surface area contributed by atoms with Crippen molar-refractivity contribution in [3.63, 3.8) is 0 Å². The Morgan fingerprint density at radius 2 is 1.95 bits per heavy atom. The molecule has 0 saturated heterocycles. The minimum Gasteiger partial charge on any atom is -0.359 e. The summed E-state index contributed by atoms with van der Waals surface area (Å²) < 4.78 is 0. The predicted octanol–water partition coefficient (Wildman–Crippen LogP) is 1.05. The first-order chi connectivity index (χ1) is 9.47. The highest BCUT2D eigenvalue weighted by Crippen LogP contribution is 2.06. The molecule has 5 heteroatoms. The van der Waals surface area contributed by atoms with E-state index in [0.29, 0.717) is 17.7 Å². The number of hydrogen-bond donors (Lipinski definition) is 1. The van der Waals surface area contributed by atoms with E-state index in [1.54, 1.807) is 38.4 Å². The number of rotatable bonds is 6. The summed E-state index contributed by atoms with van der Waals surface area (Å²) in [4.78, 5) is 25.3. The van der Waals surface area contributed by atoms with E-state index in [-0.39, 0.29) is 24.2 Å². The normalized spacial score (nSPS) is 11.8. The maximum Gasteiger partial charge on any atom is 0.223 e. The Hall–Kier alpha value is -2.19. The van der Waals surface area contributed by atoms with E-state index >= 15 is 0 Å². The summed E-state index contributed by atoms with van der Waals surface area (Å²) in [5.74, 6) is -0.234. The zero-order chi connectivity index (χ0) is 15.1. The molecule has 0 saturated carbocycles. The third kappa shape index (κ3) is 4.48. The molecular formula is C15H19N3O2. The first kappa shape index (κ1) is 15.9. The molecule has 5 nitrogen and oxygen atoms in total. The molecule has 1 unspecified atom stereocenters. The molecule has 1 rings (SSSR count). The number of Topliss-reactive ketones (excluding diaryl/α,β-unsaturated/α-hetero) is 1. The number of nitrogens with one attached hydrogen (secondary N) is 1. The van der Waals surface area contributed by atoms with Crippen LogP contribution in [-0.4, -0.2) is 43.8 Å². The van der Waals surface area contributed by atoms with Gasteiger partial charge in [0, 0.05) is 25.1 Å². The van der Waals surface area contributed by atoms with Gasteiger partial charge in [0.1, 0.15) is 0 Å². The Morgan fingerprint density at radius 3 is 2.45 bits per heavy atom. The molecule has 106 valence electrons. The lowest BCUT2D eigenvalue weighted by atomic mass is 10.1. The Morgan fingerprint density at radius 1 is 1.35 bits per heavy atom. The zero-order valence-electron chi connectivity index (χ0n) is 12.0. The maximum atomic E-state index is 12.1. The minimum atomic E-state index is -0.168. The van der Waals surface area contributed by atoms with Crippen LogP contribution in [0.5, 0.6) is 0 Å². The van der Waals surface area contributed by atoms with Crippen molar-refractivity contribution in [1.82, 2.24) is 10.2 Å². The monoisotopic (exact) mass is 273 g/mol. The largest absolute Gasteiger partial charge is 0.359 e. The summed E-state index contributed by atoms with van der Waals surface area (Å²) >= 11 is 0. The SMILES string of the molecule is CNC(=O)C(C)CN(C)CC(=O)c1ccc(C#N)cc1. The maximum absolute atomic E-state index is 12.1. The van der Waals surface area contributed by atoms with E-state index < -0.39 is 0 Å². The predicted molar refractivity (Wildman–Crippen MR) is 76.2 cm³/mol. The van der Waals surface area contributed by atoms with Gasteiger partial charge in [-0.15, -0.1) is 0 Å². The number of hydrogen-bond acceptors (Lipinski definition) is 4. The molecule has 0 aliphatic rings. The van der Waals surface area contributed by atoms with E-state index in [1.165, 1.54) is 0 Å². The van der Waals surface area contributed by atoms with Crippen LogP contribution >= 0.6 is 0 Å². The number of nitriles is 1. The highest BCUT2D eigenvalue weighted by Gasteiger charge is 2.16. The number of likely N-dealkylation sites (N-methyl/N-ethyl adjacent to an activating group) is 1. The molecule has 0 spiro atoms. The van der Waals surface area contributed by atoms with Crippen LogP contribution in [-0.2, 0) is 4.79 Å². The second-order valence-electron chi connectivity index (χ2n) is 4.82. The molecular weight excluding hydrogens is 254 g/mol. The standard InChI is InChI=1S/C15H19N3O2/c1-11(15(20)17-2)9-18(3)10-14(19)13-6-4-12(8-16)5-7-13/h4-7,11H,9-10H2,1-3H3,(H,17,20). The quantitative estimate of drug-likeness (QED) is 0.786. The fourth-order valence-electron chi connectivity index (χ4n) is 1.93. The second kappa shape index (κ2) is 7.41. The fraction of sp³-hybridized carbons (Fsp3) is 0.400. The van der Waals surface area contributed by atoms with Gasteiger partial charge in [0.2, 0.25) is 5.91 Å². The smallest absolute Gasteiger partial charge is 0.223 e. The van der Waals surface area contributed by atoms with Gasteiger partial charge < -0.3 is 5.32 Å². The number of ketones is 1. The van der Waals surface area contributed by atoms with Crippen LogP contribution < -0.4 is 5.32 Å². The second-order valence-corrected chi connectivity index (χ2v) is 4.82. The Balaban J connectivity index is 2.57. The van der Waals surface area contributed by atoms with Gasteiger partial charge in [-0.1, -0.05) is 19.1 Å². The molecule has 0 aliphatic heterocycles. The molecule has 1 aromatic rings. The summed E-state index contributed by atoms with van der Waals surface area (Å²) in [7, 11) is 3.40. The summed E-state index contributed by atoms with van der Waals surface area (Å²) in [6.45, 7) is 2.58. The Labute approximate surface area is 119 Å². The van der Waals surface area contributed by atoms with Crippen molar-refractivity contribution in [2.24, 2.45) is 5.92 Å². The van der Waals surface area contributed by atoms with Gasteiger partial charge in [0.15, 0.2) is 5.78 Å². The molecule has 0 aliphatic carbocycles. The third-order valence-corrected chi connectivity index (χ3v) is 3.03. The summed E-state index contributed by atoms with van der Waals surface area (Å²) in [6.07, 6.45) is 0. The number of carbonyl (C=O) groups is 2. The fourth-order valence-corrected chi connectivity index (χ4v) is 1.93. The first-order valence-corrected chi connectivity index (χ1v) is 6.41. The van der Waals surface area contributed by atoms with Crippen molar-refractivity contribution in [3.05, 3.63) is 35.4 Å². The van der Waals surface area contributed by atoms with Crippen LogP contribution in [0.1, 0.15) is 22.8 Å². The summed E-state index contributed by atoms with van der Waals surface area (Å²) in [6, 6.07) is 8.56. The Kier molecular flexibility index (Phi) is 5.88. The van der Waals surface area contributed by atoms with Crippen molar-refractivity contribution in [2.45, 2.75) is 6.92 Å². The van der Waals surface area contributed by atoms with Crippen molar-refractivity contribution >= 4 is 11.7 Å². The summed E-state index contributed by atoms with van der Waals surface area (Å²) in [5, 5.41) is 11.3. The molecule has 1 amide bonds. The molecule has 0 bridgehead atoms. The van der Waals surface area contributed by atoms with Crippen LogP contribution in [0, 0.1) is 17.2 Å². The lowest BCUT2D eigenvalue weighted by molar-refractivity contribution is -0.124. The van der Waals surface area contributed by atoms with Crippen molar-refractivity contribution < 1.29 is 9.59 Å². The van der Waals surface area contributed by atoms with Gasteiger partial charge in [0.25, 0.3) is 0 Å². The van der Waals surface area contributed by atoms with Crippen LogP contribution in [0.3, 0.4) is 0 Å². The molecule has 0 aromatic heterocycles. The molecule has 1 aromatic carbocycles. The van der Waals surface area contributed by atoms with Crippen LogP contribution in [0.2, 0.25) is 0 Å². The highest BCUT2D eigenvalue weighted by molar-refractivity contribution is 5.97. The number of nitrogens with zero attached hydrogens (tertiary/aromatic N) is 2. The van der Waals surface area contributed by atoms with E-state index in [0.717, 1.165) is 0 Å². The molecule has 0 radical (unpaired) electrons. The van der Waals surface area contributed by atoms with E-state index in [1.807, 2.05) is 17.9 Å². The lowest BCUT2D eigenvalue weighted by Gasteiger charge is -2.19. The van der Waals surface area contributed by atoms with Gasteiger partial charge >= 0.3 is 0 Å². The van der Waals surface area contributed by atoms with Gasteiger partial charge in [-0.05, 0) is 19.2 Å². The topological polar surface area (TPSA) is 73.2 Å². The first-order valence-electron chi connectivity index (χ1n) is 6.41. The third-order valence-electron chi connectivity index (χ3n) is 3.03. The van der Waals surface area contributed by atoms with Gasteiger partial charge in [-0.3, -0.25) is 14.5 Å². The average molecular weight is 273 g/mol. The minimum absolute atomic E-state index is 0.0268. The van der Waals surface area contributed by atoms with E-state index in [9.17, 15) is 9.59 Å². The van der Waals surface area contributed by atoms with Crippen LogP contribution in [0.25, 0.3) is 0 Å². The molecule has 0 fully saturated rings. The molecule has 0 heterocycles. The molecule has 20 heavy (non-hydrogen) atoms. The molecule has 1 N–H and O–H groups in total. The highest BCUT2D eigenvalue weighted by atomic mass is 16.1. The number of carbonyl (C=O) groups excluding carboxylic acids is 2. The molecule has 1 atom stereocenters. The Bertz CT molecular complexity index is 517. The van der Waals surface area contributed by atoms with Crippen molar-refractivity contribution in [1.29, 1.82) is 5.26 Å². The number of amides is 1. The van der Waals surface area contributed by atoms with Gasteiger partial charge in [0.05, 0.1) is 18.2 Å². The van der Waals surface area contributed by atoms with Crippen LogP contribution in [0.4, 0.5) is 0 Å². The van der Waals surface area contributed by atoms with Gasteiger partial charge in [-0.2, -0.15) is 5.26 Å². The lowest BCUT2D eigenvalue weighted by Crippen LogP contribution is -2.36. The average Bonchev–Trinajstić information content (AvgIpc) is 2.46. The zero-order valence-corrected chi connectivity index (χ0v) is 12.0. The van der Waals surface area contributed by atoms with Gasteiger partial charge in [-0.25, -0.2) is 0 Å². The van der Waals surface area contributed by atoms with Crippen LogP contribution in [0.15, 0.2) is 24.3 Å². The summed E-state index contributed by atoms with van der Waals surface area (Å²) in [5.41, 5.74) is 1.10. The number of benzene rings is 1. The van der Waals surface area contributed by atoms with E-state index in [2.05, 4.69) is 5.32 Å². The van der Waals surface area contributed by atoms with Crippen molar-refractivity contribution in [2.75, 3.05) is 27.2 Å².